The van der Waals surface area contributed by atoms with E-state index in [-0.39, 0.29) is 5.69 Å². The minimum atomic E-state index is -0.533. The van der Waals surface area contributed by atoms with E-state index in [0.29, 0.717) is 22.9 Å². The van der Waals surface area contributed by atoms with Gasteiger partial charge in [0.1, 0.15) is 11.5 Å². The second-order valence-corrected chi connectivity index (χ2v) is 3.70. The van der Waals surface area contributed by atoms with Gasteiger partial charge in [0.15, 0.2) is 5.82 Å². The molecule has 0 aliphatic carbocycles. The molecular weight excluding hydrogens is 247 g/mol. The number of halogens is 1. The van der Waals surface area contributed by atoms with Gasteiger partial charge in [-0.3, -0.25) is 0 Å². The van der Waals surface area contributed by atoms with Crippen LogP contribution in [0.15, 0.2) is 18.5 Å². The average Bonchev–Trinajstić information content (AvgIpc) is 2.47. The van der Waals surface area contributed by atoms with Gasteiger partial charge in [0.2, 0.25) is 5.95 Å². The molecule has 2 aromatic heterocycles. The third kappa shape index (κ3) is 2.49. The normalized spacial score (nSPS) is 10.1. The number of aromatic nitrogens is 3. The zero-order valence-electron chi connectivity index (χ0n) is 10.5. The van der Waals surface area contributed by atoms with Gasteiger partial charge in [0, 0.05) is 37.6 Å². The number of hydrogen-bond acceptors (Lipinski definition) is 6. The van der Waals surface area contributed by atoms with Gasteiger partial charge < -0.3 is 16.0 Å². The van der Waals surface area contributed by atoms with Crippen LogP contribution in [-0.2, 0) is 0 Å². The Morgan fingerprint density at radius 1 is 1.21 bits per heavy atom. The van der Waals surface area contributed by atoms with Gasteiger partial charge in [-0.05, 0) is 6.07 Å². The van der Waals surface area contributed by atoms with Crippen LogP contribution in [0, 0.1) is 11.2 Å². The lowest BCUT2D eigenvalue weighted by Gasteiger charge is -2.08. The van der Waals surface area contributed by atoms with Crippen molar-refractivity contribution < 1.29 is 4.39 Å². The monoisotopic (exact) mass is 260 g/mol. The Balaban J connectivity index is 2.55. The predicted molar refractivity (Wildman–Crippen MR) is 72.2 cm³/mol. The highest BCUT2D eigenvalue weighted by molar-refractivity contribution is 5.86. The summed E-state index contributed by atoms with van der Waals surface area (Å²) in [5, 5.41) is 12.9. The van der Waals surface area contributed by atoms with Gasteiger partial charge in [-0.1, -0.05) is 0 Å². The maximum absolute atomic E-state index is 13.8. The van der Waals surface area contributed by atoms with Gasteiger partial charge in [0.05, 0.1) is 6.20 Å². The first-order chi connectivity index (χ1) is 9.19. The molecule has 7 heteroatoms. The smallest absolute Gasteiger partial charge is 0.223 e. The maximum atomic E-state index is 13.8. The van der Waals surface area contributed by atoms with Crippen LogP contribution in [0.3, 0.4) is 0 Å². The van der Waals surface area contributed by atoms with E-state index >= 15 is 0 Å². The van der Waals surface area contributed by atoms with Crippen molar-refractivity contribution in [1.82, 2.24) is 15.0 Å². The lowest BCUT2D eigenvalue weighted by molar-refractivity contribution is 0.618. The van der Waals surface area contributed by atoms with E-state index in [0.717, 1.165) is 12.4 Å². The zero-order chi connectivity index (χ0) is 13.8. The molecule has 0 aliphatic rings. The molecule has 0 spiro atoms. The van der Waals surface area contributed by atoms with Crippen LogP contribution < -0.4 is 10.6 Å². The molecule has 2 rings (SSSR count). The van der Waals surface area contributed by atoms with Crippen molar-refractivity contribution in [2.24, 2.45) is 0 Å². The molecule has 2 aromatic rings. The van der Waals surface area contributed by atoms with Crippen LogP contribution in [-0.4, -0.2) is 35.3 Å². The van der Waals surface area contributed by atoms with Crippen LogP contribution in [0.2, 0.25) is 0 Å². The van der Waals surface area contributed by atoms with Gasteiger partial charge in [0.25, 0.3) is 0 Å². The summed E-state index contributed by atoms with van der Waals surface area (Å²) in [4.78, 5) is 12.0. The van der Waals surface area contributed by atoms with Crippen molar-refractivity contribution in [2.45, 2.75) is 0 Å². The van der Waals surface area contributed by atoms with E-state index in [4.69, 9.17) is 5.41 Å². The van der Waals surface area contributed by atoms with E-state index in [2.05, 4.69) is 25.6 Å². The van der Waals surface area contributed by atoms with E-state index in [1.807, 2.05) is 0 Å². The first-order valence-electron chi connectivity index (χ1n) is 5.58. The first-order valence-corrected chi connectivity index (χ1v) is 5.58. The highest BCUT2D eigenvalue weighted by atomic mass is 19.1. The molecule has 0 amide bonds. The lowest BCUT2D eigenvalue weighted by Crippen LogP contribution is -2.02. The Hall–Kier alpha value is -2.57. The minimum absolute atomic E-state index is 0.151. The molecule has 0 unspecified atom stereocenters. The van der Waals surface area contributed by atoms with Crippen LogP contribution in [0.1, 0.15) is 5.56 Å². The second kappa shape index (κ2) is 5.38. The van der Waals surface area contributed by atoms with Crippen LogP contribution in [0.5, 0.6) is 0 Å². The van der Waals surface area contributed by atoms with Gasteiger partial charge in [-0.25, -0.2) is 19.3 Å². The van der Waals surface area contributed by atoms with Crippen molar-refractivity contribution >= 4 is 18.0 Å². The summed E-state index contributed by atoms with van der Waals surface area (Å²) in [7, 11) is 3.36. The van der Waals surface area contributed by atoms with Crippen LogP contribution in [0.4, 0.5) is 16.2 Å². The van der Waals surface area contributed by atoms with Gasteiger partial charge in [-0.15, -0.1) is 0 Å². The Labute approximate surface area is 109 Å². The van der Waals surface area contributed by atoms with E-state index in [1.165, 1.54) is 6.20 Å². The third-order valence-electron chi connectivity index (χ3n) is 2.55. The molecule has 3 N–H and O–H groups in total. The molecule has 19 heavy (non-hydrogen) atoms. The number of hydrogen-bond donors (Lipinski definition) is 3. The number of rotatable bonds is 4. The molecule has 0 atom stereocenters. The van der Waals surface area contributed by atoms with Crippen molar-refractivity contribution in [3.63, 3.8) is 0 Å². The van der Waals surface area contributed by atoms with Crippen LogP contribution >= 0.6 is 0 Å². The first kappa shape index (κ1) is 12.9. The van der Waals surface area contributed by atoms with E-state index in [1.54, 1.807) is 20.2 Å². The van der Waals surface area contributed by atoms with Crippen LogP contribution in [0.25, 0.3) is 11.3 Å². The Morgan fingerprint density at radius 3 is 2.63 bits per heavy atom. The Kier molecular flexibility index (Phi) is 3.65. The highest BCUT2D eigenvalue weighted by Crippen LogP contribution is 2.23. The molecule has 0 saturated carbocycles. The highest BCUT2D eigenvalue weighted by Gasteiger charge is 2.11. The fourth-order valence-electron chi connectivity index (χ4n) is 1.62. The van der Waals surface area contributed by atoms with Gasteiger partial charge in [-0.2, -0.15) is 0 Å². The summed E-state index contributed by atoms with van der Waals surface area (Å²) in [6, 6.07) is 1.65. The van der Waals surface area contributed by atoms with E-state index in [9.17, 15) is 4.39 Å². The summed E-state index contributed by atoms with van der Waals surface area (Å²) in [5.41, 5.74) is 1.20. The molecule has 0 saturated heterocycles. The van der Waals surface area contributed by atoms with E-state index < -0.39 is 5.82 Å². The van der Waals surface area contributed by atoms with Gasteiger partial charge >= 0.3 is 0 Å². The quantitative estimate of drug-likeness (QED) is 0.729. The minimum Gasteiger partial charge on any atom is -0.373 e. The number of nitrogens with one attached hydrogen (secondary N) is 3. The maximum Gasteiger partial charge on any atom is 0.223 e. The Morgan fingerprint density at radius 2 is 2.00 bits per heavy atom. The summed E-state index contributed by atoms with van der Waals surface area (Å²) >= 11 is 0. The largest absolute Gasteiger partial charge is 0.373 e. The Bertz CT molecular complexity index is 613. The molecule has 6 nitrogen and oxygen atoms in total. The standard InChI is InChI=1S/C12H13FN6/c1-15-11-7(4-14)3-8(5-17-11)10-9(13)6-18-12(16-2)19-10/h3-6,14H,1-2H3,(H,15,17)(H,16,18,19). The predicted octanol–water partition coefficient (Wildman–Crippen LogP) is 1.76. The molecule has 98 valence electrons. The molecule has 0 aliphatic heterocycles. The molecule has 0 bridgehead atoms. The summed E-state index contributed by atoms with van der Waals surface area (Å²) in [6.07, 6.45) is 3.76. The second-order valence-electron chi connectivity index (χ2n) is 3.70. The topological polar surface area (TPSA) is 86.6 Å². The van der Waals surface area contributed by atoms with Crippen molar-refractivity contribution in [3.05, 3.63) is 29.8 Å². The summed E-state index contributed by atoms with van der Waals surface area (Å²) in [5.74, 6) is 0.349. The summed E-state index contributed by atoms with van der Waals surface area (Å²) < 4.78 is 13.8. The fraction of sp³-hybridized carbons (Fsp3) is 0.167. The number of pyridine rings is 1. The zero-order valence-corrected chi connectivity index (χ0v) is 10.5. The van der Waals surface area contributed by atoms with Crippen molar-refractivity contribution in [2.75, 3.05) is 24.7 Å². The molecular formula is C12H13FN6. The lowest BCUT2D eigenvalue weighted by atomic mass is 10.1. The third-order valence-corrected chi connectivity index (χ3v) is 2.55. The molecule has 0 radical (unpaired) electrons. The summed E-state index contributed by atoms with van der Waals surface area (Å²) in [6.45, 7) is 0. The number of anilines is 2. The molecule has 0 aromatic carbocycles. The average molecular weight is 260 g/mol. The van der Waals surface area contributed by atoms with Crippen molar-refractivity contribution in [3.8, 4) is 11.3 Å². The number of nitrogens with zero attached hydrogens (tertiary/aromatic N) is 3. The fourth-order valence-corrected chi connectivity index (χ4v) is 1.62. The van der Waals surface area contributed by atoms with Crippen molar-refractivity contribution in [1.29, 1.82) is 5.41 Å². The molecule has 2 heterocycles. The SMILES string of the molecule is CNc1ncc(F)c(-c2cnc(NC)c(C=N)c2)n1. The molecule has 0 fully saturated rings.